The molecule has 1 aliphatic rings. The number of sulfonamides is 1. The van der Waals surface area contributed by atoms with Crippen LogP contribution in [0.2, 0.25) is 0 Å². The van der Waals surface area contributed by atoms with Gasteiger partial charge in [-0.3, -0.25) is 9.59 Å². The fourth-order valence-electron chi connectivity index (χ4n) is 4.24. The minimum absolute atomic E-state index is 0.0224. The molecule has 0 aliphatic carbocycles. The molecule has 1 aliphatic heterocycles. The number of rotatable bonds is 9. The Morgan fingerprint density at radius 1 is 1.09 bits per heavy atom. The first kappa shape index (κ1) is 27.3. The zero-order valence-corrected chi connectivity index (χ0v) is 22.0. The summed E-state index contributed by atoms with van der Waals surface area (Å²) < 4.78 is 26.4. The highest BCUT2D eigenvalue weighted by Crippen LogP contribution is 2.25. The Balaban J connectivity index is 2.24. The van der Waals surface area contributed by atoms with Crippen molar-refractivity contribution in [3.8, 4) is 0 Å². The number of likely N-dealkylation sites (tertiary alicyclic amines) is 1. The summed E-state index contributed by atoms with van der Waals surface area (Å²) in [5.41, 5.74) is 1.72. The van der Waals surface area contributed by atoms with Gasteiger partial charge >= 0.3 is 0 Å². The highest BCUT2D eigenvalue weighted by Gasteiger charge is 2.34. The van der Waals surface area contributed by atoms with Crippen LogP contribution in [0.15, 0.2) is 24.3 Å². The van der Waals surface area contributed by atoms with Gasteiger partial charge < -0.3 is 9.80 Å². The molecule has 0 N–H and O–H groups in total. The first-order valence-corrected chi connectivity index (χ1v) is 13.6. The second-order valence-electron chi connectivity index (χ2n) is 9.96. The number of piperidine rings is 1. The molecule has 0 aromatic heterocycles. The summed E-state index contributed by atoms with van der Waals surface area (Å²) in [6, 6.07) is 7.93. The number of nitrogens with zero attached hydrogens (tertiary/aromatic N) is 3. The van der Waals surface area contributed by atoms with Crippen LogP contribution in [0.5, 0.6) is 0 Å². The molecule has 7 nitrogen and oxygen atoms in total. The molecule has 2 rings (SSSR count). The Morgan fingerprint density at radius 2 is 1.70 bits per heavy atom. The fourth-order valence-corrected chi connectivity index (χ4v) is 5.37. The van der Waals surface area contributed by atoms with Crippen molar-refractivity contribution in [1.29, 1.82) is 0 Å². The average Bonchev–Trinajstić information content (AvgIpc) is 2.77. The van der Waals surface area contributed by atoms with Gasteiger partial charge in [0.2, 0.25) is 21.8 Å². The zero-order chi connectivity index (χ0) is 24.8. The summed E-state index contributed by atoms with van der Waals surface area (Å²) in [6.45, 7) is 13.1. The molecule has 2 amide bonds. The van der Waals surface area contributed by atoms with E-state index in [9.17, 15) is 18.0 Å². The van der Waals surface area contributed by atoms with Crippen LogP contribution in [0.4, 0.5) is 0 Å². The van der Waals surface area contributed by atoms with Crippen LogP contribution in [-0.2, 0) is 26.2 Å². The standard InChI is InChI=1S/C25H41N3O4S/c1-7-15-27(33(31,32)8-2)19-23(29)28(18-21-12-10-9-11-20(21)3)22-13-16-26(17-14-22)24(30)25(4,5)6/h9-12,22H,7-8,13-19H2,1-6H3. The van der Waals surface area contributed by atoms with Crippen molar-refractivity contribution in [3.05, 3.63) is 35.4 Å². The highest BCUT2D eigenvalue weighted by molar-refractivity contribution is 7.89. The fraction of sp³-hybridized carbons (Fsp3) is 0.680. The summed E-state index contributed by atoms with van der Waals surface area (Å²) in [4.78, 5) is 29.9. The Labute approximate surface area is 200 Å². The van der Waals surface area contributed by atoms with Crippen molar-refractivity contribution >= 4 is 21.8 Å². The number of hydrogen-bond donors (Lipinski definition) is 0. The van der Waals surface area contributed by atoms with Crippen LogP contribution in [0.3, 0.4) is 0 Å². The first-order chi connectivity index (χ1) is 15.4. The molecule has 0 saturated carbocycles. The molecular formula is C25H41N3O4S. The summed E-state index contributed by atoms with van der Waals surface area (Å²) in [5, 5.41) is 0. The Kier molecular flexibility index (Phi) is 9.49. The number of aryl methyl sites for hydroxylation is 1. The van der Waals surface area contributed by atoms with Gasteiger partial charge in [-0.1, -0.05) is 52.0 Å². The van der Waals surface area contributed by atoms with Crippen LogP contribution in [0.25, 0.3) is 0 Å². The molecule has 8 heteroatoms. The van der Waals surface area contributed by atoms with E-state index in [1.165, 1.54) is 4.31 Å². The van der Waals surface area contributed by atoms with Crippen molar-refractivity contribution in [2.75, 3.05) is 31.9 Å². The van der Waals surface area contributed by atoms with Gasteiger partial charge in [-0.25, -0.2) is 8.42 Å². The molecule has 33 heavy (non-hydrogen) atoms. The second-order valence-corrected chi connectivity index (χ2v) is 12.2. The zero-order valence-electron chi connectivity index (χ0n) is 21.1. The van der Waals surface area contributed by atoms with E-state index in [-0.39, 0.29) is 30.2 Å². The third-order valence-corrected chi connectivity index (χ3v) is 8.13. The topological polar surface area (TPSA) is 78.0 Å². The van der Waals surface area contributed by atoms with Gasteiger partial charge in [0.1, 0.15) is 0 Å². The van der Waals surface area contributed by atoms with Gasteiger partial charge in [-0.2, -0.15) is 4.31 Å². The van der Waals surface area contributed by atoms with Crippen LogP contribution >= 0.6 is 0 Å². The molecule has 1 heterocycles. The van der Waals surface area contributed by atoms with E-state index in [0.29, 0.717) is 45.4 Å². The third kappa shape index (κ3) is 7.27. The molecule has 1 aromatic carbocycles. The van der Waals surface area contributed by atoms with Gasteiger partial charge in [0, 0.05) is 37.6 Å². The van der Waals surface area contributed by atoms with Crippen LogP contribution < -0.4 is 0 Å². The molecule has 0 bridgehead atoms. The smallest absolute Gasteiger partial charge is 0.238 e. The highest BCUT2D eigenvalue weighted by atomic mass is 32.2. The predicted molar refractivity (Wildman–Crippen MR) is 132 cm³/mol. The van der Waals surface area contributed by atoms with Gasteiger partial charge in [-0.15, -0.1) is 0 Å². The summed E-state index contributed by atoms with van der Waals surface area (Å²) in [7, 11) is -3.47. The average molecular weight is 480 g/mol. The monoisotopic (exact) mass is 479 g/mol. The summed E-state index contributed by atoms with van der Waals surface area (Å²) in [5.74, 6) is -0.0732. The Morgan fingerprint density at radius 3 is 2.21 bits per heavy atom. The van der Waals surface area contributed by atoms with Crippen molar-refractivity contribution < 1.29 is 18.0 Å². The van der Waals surface area contributed by atoms with E-state index < -0.39 is 15.4 Å². The van der Waals surface area contributed by atoms with E-state index in [0.717, 1.165) is 11.1 Å². The molecule has 0 atom stereocenters. The number of carbonyl (C=O) groups is 2. The van der Waals surface area contributed by atoms with Crippen LogP contribution in [0.1, 0.15) is 65.0 Å². The van der Waals surface area contributed by atoms with Gasteiger partial charge in [0.05, 0.1) is 12.3 Å². The van der Waals surface area contributed by atoms with Gasteiger partial charge in [-0.05, 0) is 44.2 Å². The van der Waals surface area contributed by atoms with E-state index in [1.54, 1.807) is 6.92 Å². The van der Waals surface area contributed by atoms with Crippen LogP contribution in [0, 0.1) is 12.3 Å². The minimum Gasteiger partial charge on any atom is -0.342 e. The molecule has 0 radical (unpaired) electrons. The normalized spacial score (nSPS) is 15.7. The number of amides is 2. The van der Waals surface area contributed by atoms with E-state index >= 15 is 0 Å². The van der Waals surface area contributed by atoms with Crippen molar-refractivity contribution in [2.45, 2.75) is 73.4 Å². The molecular weight excluding hydrogens is 438 g/mol. The molecule has 1 saturated heterocycles. The quantitative estimate of drug-likeness (QED) is 0.544. The predicted octanol–water partition coefficient (Wildman–Crippen LogP) is 3.42. The van der Waals surface area contributed by atoms with Crippen molar-refractivity contribution in [3.63, 3.8) is 0 Å². The Bertz CT molecular complexity index is 916. The van der Waals surface area contributed by atoms with E-state index in [4.69, 9.17) is 0 Å². The largest absolute Gasteiger partial charge is 0.342 e. The minimum atomic E-state index is -3.47. The summed E-state index contributed by atoms with van der Waals surface area (Å²) >= 11 is 0. The number of benzene rings is 1. The second kappa shape index (κ2) is 11.5. The lowest BCUT2D eigenvalue weighted by Crippen LogP contribution is -2.52. The number of hydrogen-bond acceptors (Lipinski definition) is 4. The maximum absolute atomic E-state index is 13.5. The van der Waals surface area contributed by atoms with Gasteiger partial charge in [0.15, 0.2) is 0 Å². The lowest BCUT2D eigenvalue weighted by molar-refractivity contribution is -0.142. The Hall–Kier alpha value is -1.93. The van der Waals surface area contributed by atoms with E-state index in [2.05, 4.69) is 0 Å². The molecule has 0 unspecified atom stereocenters. The van der Waals surface area contributed by atoms with E-state index in [1.807, 2.05) is 68.7 Å². The summed E-state index contributed by atoms with van der Waals surface area (Å²) in [6.07, 6.45) is 2.03. The number of carbonyl (C=O) groups excluding carboxylic acids is 2. The lowest BCUT2D eigenvalue weighted by atomic mass is 9.92. The molecule has 1 fully saturated rings. The molecule has 1 aromatic rings. The maximum Gasteiger partial charge on any atom is 0.238 e. The van der Waals surface area contributed by atoms with Gasteiger partial charge in [0.25, 0.3) is 0 Å². The van der Waals surface area contributed by atoms with Crippen molar-refractivity contribution in [2.24, 2.45) is 5.41 Å². The third-order valence-electron chi connectivity index (χ3n) is 6.30. The SMILES string of the molecule is CCCN(CC(=O)N(Cc1ccccc1C)C1CCN(C(=O)C(C)(C)C)CC1)S(=O)(=O)CC. The molecule has 0 spiro atoms. The molecule has 186 valence electrons. The lowest BCUT2D eigenvalue weighted by Gasteiger charge is -2.41. The van der Waals surface area contributed by atoms with Crippen LogP contribution in [-0.4, -0.2) is 72.3 Å². The van der Waals surface area contributed by atoms with Crippen molar-refractivity contribution in [1.82, 2.24) is 14.1 Å². The maximum atomic E-state index is 13.5. The first-order valence-electron chi connectivity index (χ1n) is 12.0.